The number of amides is 3. The van der Waals surface area contributed by atoms with Crippen LogP contribution in [0.25, 0.3) is 0 Å². The number of benzene rings is 1. The van der Waals surface area contributed by atoms with E-state index in [0.29, 0.717) is 13.0 Å². The minimum Gasteiger partial charge on any atom is -0.467 e. The number of likely N-dealkylation sites (N-methyl/N-ethyl adjacent to an activating group) is 1. The number of ether oxygens (including phenoxy) is 1. The zero-order valence-corrected chi connectivity index (χ0v) is 29.1. The summed E-state index contributed by atoms with van der Waals surface area (Å²) in [7, 11) is -0.272. The number of carbonyl (C=O) groups is 4. The maximum absolute atomic E-state index is 14.5. The highest BCUT2D eigenvalue weighted by molar-refractivity contribution is 7.90. The molecule has 3 N–H and O–H groups in total. The number of hydrogen-bond acceptors (Lipinski definition) is 8. The molecule has 1 saturated carbocycles. The van der Waals surface area contributed by atoms with Gasteiger partial charge in [0.2, 0.25) is 17.7 Å². The molecule has 7 atom stereocenters. The van der Waals surface area contributed by atoms with E-state index in [2.05, 4.69) is 16.0 Å². The second-order valence-electron chi connectivity index (χ2n) is 13.4. The quantitative estimate of drug-likeness (QED) is 0.243. The van der Waals surface area contributed by atoms with Gasteiger partial charge in [-0.1, -0.05) is 63.4 Å². The van der Waals surface area contributed by atoms with Crippen LogP contribution in [0.1, 0.15) is 71.3 Å². The Morgan fingerprint density at radius 3 is 2.22 bits per heavy atom. The average molecular weight is 663 g/mol. The van der Waals surface area contributed by atoms with E-state index >= 15 is 0 Å². The molecular formula is C34H54N4O7S. The molecule has 1 saturated heterocycles. The highest BCUT2D eigenvalue weighted by atomic mass is 32.2. The van der Waals surface area contributed by atoms with Crippen LogP contribution < -0.4 is 16.0 Å². The van der Waals surface area contributed by atoms with Crippen LogP contribution in [-0.4, -0.2) is 93.9 Å². The summed E-state index contributed by atoms with van der Waals surface area (Å²) in [6, 6.07) is 6.67. The Labute approximate surface area is 274 Å². The number of sulfone groups is 1. The zero-order chi connectivity index (χ0) is 34.0. The van der Waals surface area contributed by atoms with Crippen molar-refractivity contribution in [3.8, 4) is 0 Å². The number of likely N-dealkylation sites (tertiary alicyclic amines) is 1. The Kier molecular flexibility index (Phi) is 14.0. The molecule has 3 rings (SSSR count). The van der Waals surface area contributed by atoms with Crippen molar-refractivity contribution >= 4 is 33.5 Å². The molecule has 3 amide bonds. The topological polar surface area (TPSA) is 151 Å². The number of nitrogens with one attached hydrogen (secondary N) is 3. The van der Waals surface area contributed by atoms with Gasteiger partial charge in [-0.05, 0) is 62.5 Å². The lowest BCUT2D eigenvalue weighted by molar-refractivity contribution is -0.145. The van der Waals surface area contributed by atoms with Gasteiger partial charge in [-0.2, -0.15) is 0 Å². The number of nitrogens with zero attached hydrogens (tertiary/aromatic N) is 1. The van der Waals surface area contributed by atoms with Crippen LogP contribution in [0.3, 0.4) is 0 Å². The van der Waals surface area contributed by atoms with Gasteiger partial charge in [0.25, 0.3) is 0 Å². The lowest BCUT2D eigenvalue weighted by Crippen LogP contribution is -2.57. The number of carbonyl (C=O) groups excluding carboxylic acids is 4. The fourth-order valence-electron chi connectivity index (χ4n) is 7.14. The Balaban J connectivity index is 1.91. The van der Waals surface area contributed by atoms with Crippen LogP contribution in [-0.2, 0) is 40.2 Å². The van der Waals surface area contributed by atoms with Crippen LogP contribution in [0.4, 0.5) is 0 Å². The lowest BCUT2D eigenvalue weighted by atomic mass is 9.79. The molecule has 7 unspecified atom stereocenters. The molecule has 258 valence electrons. The van der Waals surface area contributed by atoms with Crippen LogP contribution in [0, 0.1) is 23.7 Å². The van der Waals surface area contributed by atoms with Gasteiger partial charge in [0.05, 0.1) is 18.9 Å². The summed E-state index contributed by atoms with van der Waals surface area (Å²) >= 11 is 0. The largest absolute Gasteiger partial charge is 0.467 e. The van der Waals surface area contributed by atoms with E-state index in [0.717, 1.165) is 37.7 Å². The number of esters is 1. The van der Waals surface area contributed by atoms with Gasteiger partial charge < -0.3 is 25.6 Å². The Hall–Kier alpha value is -2.99. The SMILES string of the molecule is CNC(C)C(=O)NC(C(=O)N1CCC(C(C)C(C)CS(C)(=O)=O)C1CC(=O)NC(Cc1ccccc1)C(=O)OC)C1CCCCC1. The fraction of sp³-hybridized carbons (Fsp3) is 0.706. The number of hydrogen-bond donors (Lipinski definition) is 3. The molecule has 46 heavy (non-hydrogen) atoms. The first-order valence-corrected chi connectivity index (χ1v) is 18.7. The Morgan fingerprint density at radius 1 is 0.978 bits per heavy atom. The summed E-state index contributed by atoms with van der Waals surface area (Å²) in [6.07, 6.45) is 6.71. The summed E-state index contributed by atoms with van der Waals surface area (Å²) in [5, 5.41) is 8.83. The first kappa shape index (κ1) is 37.5. The fourth-order valence-corrected chi connectivity index (χ4v) is 8.40. The maximum atomic E-state index is 14.5. The highest BCUT2D eigenvalue weighted by Gasteiger charge is 2.46. The predicted octanol–water partition coefficient (Wildman–Crippen LogP) is 2.48. The summed E-state index contributed by atoms with van der Waals surface area (Å²) in [6.45, 7) is 6.02. The normalized spacial score (nSPS) is 22.3. The summed E-state index contributed by atoms with van der Waals surface area (Å²) in [5.41, 5.74) is 0.860. The smallest absolute Gasteiger partial charge is 0.328 e. The zero-order valence-electron chi connectivity index (χ0n) is 28.3. The first-order valence-electron chi connectivity index (χ1n) is 16.6. The van der Waals surface area contributed by atoms with E-state index < -0.39 is 45.9 Å². The molecule has 1 heterocycles. The molecule has 2 aliphatic rings. The van der Waals surface area contributed by atoms with E-state index in [4.69, 9.17) is 4.74 Å². The van der Waals surface area contributed by atoms with Gasteiger partial charge in [0, 0.05) is 31.7 Å². The van der Waals surface area contributed by atoms with Gasteiger partial charge in [0.1, 0.15) is 21.9 Å². The minimum absolute atomic E-state index is 0.00167. The monoisotopic (exact) mass is 662 g/mol. The summed E-state index contributed by atoms with van der Waals surface area (Å²) < 4.78 is 29.4. The number of methoxy groups -OCH3 is 1. The van der Waals surface area contributed by atoms with Crippen molar-refractivity contribution in [3.05, 3.63) is 35.9 Å². The molecule has 1 aliphatic carbocycles. The number of rotatable bonds is 15. The molecule has 0 aromatic heterocycles. The van der Waals surface area contributed by atoms with Crippen LogP contribution >= 0.6 is 0 Å². The second kappa shape index (κ2) is 17.2. The molecule has 1 aromatic rings. The van der Waals surface area contributed by atoms with Crippen molar-refractivity contribution in [1.29, 1.82) is 0 Å². The van der Waals surface area contributed by atoms with Crippen LogP contribution in [0.5, 0.6) is 0 Å². The van der Waals surface area contributed by atoms with E-state index in [1.54, 1.807) is 18.9 Å². The van der Waals surface area contributed by atoms with Gasteiger partial charge in [-0.3, -0.25) is 14.4 Å². The van der Waals surface area contributed by atoms with E-state index in [1.165, 1.54) is 13.4 Å². The highest BCUT2D eigenvalue weighted by Crippen LogP contribution is 2.38. The molecular weight excluding hydrogens is 608 g/mol. The lowest BCUT2D eigenvalue weighted by Gasteiger charge is -2.38. The average Bonchev–Trinajstić information content (AvgIpc) is 3.44. The molecule has 1 aromatic carbocycles. The molecule has 12 heteroatoms. The van der Waals surface area contributed by atoms with Crippen LogP contribution in [0.2, 0.25) is 0 Å². The minimum atomic E-state index is -3.24. The molecule has 0 spiro atoms. The maximum Gasteiger partial charge on any atom is 0.328 e. The molecule has 1 aliphatic heterocycles. The van der Waals surface area contributed by atoms with Crippen molar-refractivity contribution in [3.63, 3.8) is 0 Å². The van der Waals surface area contributed by atoms with Crippen LogP contribution in [0.15, 0.2) is 30.3 Å². The standard InChI is InChI=1S/C34H54N4O7S/c1-22(21-46(6,43)44)23(2)27-17-18-38(33(41)31(26-15-11-8-12-16-26)37-32(40)24(3)35-4)29(27)20-30(39)36-28(34(42)45-5)19-25-13-9-7-10-14-25/h7,9-10,13-14,22-24,26-29,31,35H,8,11-12,15-21H2,1-6H3,(H,36,39)(H,37,40). The van der Waals surface area contributed by atoms with Gasteiger partial charge in [-0.25, -0.2) is 13.2 Å². The first-order chi connectivity index (χ1) is 21.7. The third-order valence-electron chi connectivity index (χ3n) is 10.0. The molecule has 2 fully saturated rings. The van der Waals surface area contributed by atoms with E-state index in [-0.39, 0.29) is 54.1 Å². The van der Waals surface area contributed by atoms with Gasteiger partial charge >= 0.3 is 5.97 Å². The Bertz CT molecular complexity index is 1290. The van der Waals surface area contributed by atoms with Gasteiger partial charge in [-0.15, -0.1) is 0 Å². The summed E-state index contributed by atoms with van der Waals surface area (Å²) in [4.78, 5) is 55.7. The predicted molar refractivity (Wildman–Crippen MR) is 177 cm³/mol. The van der Waals surface area contributed by atoms with E-state index in [9.17, 15) is 27.6 Å². The molecule has 0 radical (unpaired) electrons. The third kappa shape index (κ3) is 10.5. The van der Waals surface area contributed by atoms with Gasteiger partial charge in [0.15, 0.2) is 0 Å². The molecule has 11 nitrogen and oxygen atoms in total. The van der Waals surface area contributed by atoms with Crippen molar-refractivity contribution in [2.75, 3.05) is 32.7 Å². The van der Waals surface area contributed by atoms with Crippen molar-refractivity contribution < 1.29 is 32.3 Å². The van der Waals surface area contributed by atoms with Crippen molar-refractivity contribution in [2.45, 2.75) is 96.3 Å². The Morgan fingerprint density at radius 2 is 1.63 bits per heavy atom. The second-order valence-corrected chi connectivity index (χ2v) is 15.6. The van der Waals surface area contributed by atoms with E-state index in [1.807, 2.05) is 44.2 Å². The van der Waals surface area contributed by atoms with Crippen molar-refractivity contribution in [1.82, 2.24) is 20.9 Å². The molecule has 0 bridgehead atoms. The van der Waals surface area contributed by atoms with Crippen molar-refractivity contribution in [2.24, 2.45) is 23.7 Å². The summed E-state index contributed by atoms with van der Waals surface area (Å²) in [5.74, 6) is -1.91. The third-order valence-corrected chi connectivity index (χ3v) is 11.2.